The Bertz CT molecular complexity index is 1120. The molecule has 0 radical (unpaired) electrons. The monoisotopic (exact) mass is 416 g/mol. The van der Waals surface area contributed by atoms with Crippen molar-refractivity contribution in [2.45, 2.75) is 12.0 Å². The number of carbonyl (C=O) groups is 1. The van der Waals surface area contributed by atoms with Crippen LogP contribution in [-0.4, -0.2) is 28.8 Å². The highest BCUT2D eigenvalue weighted by atomic mass is 32.1. The first kappa shape index (κ1) is 19.1. The Kier molecular flexibility index (Phi) is 4.62. The zero-order chi connectivity index (χ0) is 20.8. The number of pyridine rings is 1. The number of benzene rings is 1. The first-order chi connectivity index (χ1) is 13.8. The molecule has 1 aliphatic rings. The number of likely N-dealkylation sites (N-methyl/N-ethyl adjacent to an activating group) is 1. The number of rotatable bonds is 4. The van der Waals surface area contributed by atoms with Crippen LogP contribution in [0, 0.1) is 5.82 Å². The summed E-state index contributed by atoms with van der Waals surface area (Å²) in [6.07, 6.45) is -1.71. The number of hydrogen-bond donors (Lipinski definition) is 1. The van der Waals surface area contributed by atoms with Gasteiger partial charge in [0, 0.05) is 18.8 Å². The number of halogens is 3. The molecule has 1 aliphatic heterocycles. The van der Waals surface area contributed by atoms with Gasteiger partial charge >= 0.3 is 0 Å². The van der Waals surface area contributed by atoms with E-state index in [-0.39, 0.29) is 17.1 Å². The van der Waals surface area contributed by atoms with Crippen molar-refractivity contribution in [3.05, 3.63) is 76.0 Å². The number of guanidine groups is 1. The summed E-state index contributed by atoms with van der Waals surface area (Å²) in [6.45, 7) is 0. The molecule has 2 N–H and O–H groups in total. The smallest absolute Gasteiger partial charge is 0.280 e. The van der Waals surface area contributed by atoms with Gasteiger partial charge in [0.05, 0.1) is 0 Å². The molecule has 0 saturated carbocycles. The second-order valence-corrected chi connectivity index (χ2v) is 7.30. The van der Waals surface area contributed by atoms with E-state index in [1.165, 1.54) is 36.6 Å². The minimum atomic E-state index is -2.86. The molecule has 3 heterocycles. The first-order valence-electron chi connectivity index (χ1n) is 8.55. The van der Waals surface area contributed by atoms with Gasteiger partial charge in [-0.1, -0.05) is 6.07 Å². The van der Waals surface area contributed by atoms with Crippen LogP contribution >= 0.6 is 11.3 Å². The Morgan fingerprint density at radius 3 is 2.59 bits per heavy atom. The van der Waals surface area contributed by atoms with E-state index in [0.29, 0.717) is 5.56 Å². The van der Waals surface area contributed by atoms with Crippen LogP contribution in [0.1, 0.15) is 23.2 Å². The van der Waals surface area contributed by atoms with Gasteiger partial charge in [0.2, 0.25) is 0 Å². The molecule has 0 aliphatic carbocycles. The third-order valence-electron chi connectivity index (χ3n) is 4.87. The molecule has 2 aromatic heterocycles. The van der Waals surface area contributed by atoms with Crippen LogP contribution in [0.5, 0.6) is 0 Å². The predicted octanol–water partition coefficient (Wildman–Crippen LogP) is 3.92. The van der Waals surface area contributed by atoms with E-state index in [9.17, 15) is 13.6 Å². The fourth-order valence-electron chi connectivity index (χ4n) is 3.36. The molecule has 5 nitrogen and oxygen atoms in total. The van der Waals surface area contributed by atoms with E-state index in [1.54, 1.807) is 6.07 Å². The van der Waals surface area contributed by atoms with E-state index in [4.69, 9.17) is 5.73 Å². The van der Waals surface area contributed by atoms with Crippen molar-refractivity contribution >= 4 is 23.2 Å². The third kappa shape index (κ3) is 2.98. The zero-order valence-corrected chi connectivity index (χ0v) is 16.0. The number of aromatic nitrogens is 1. The van der Waals surface area contributed by atoms with E-state index < -0.39 is 29.4 Å². The second-order valence-electron chi connectivity index (χ2n) is 6.52. The van der Waals surface area contributed by atoms with E-state index in [1.807, 2.05) is 16.8 Å². The third-order valence-corrected chi connectivity index (χ3v) is 5.56. The van der Waals surface area contributed by atoms with Gasteiger partial charge in [0.1, 0.15) is 11.5 Å². The number of nitrogens with two attached hydrogens (primary N) is 1. The van der Waals surface area contributed by atoms with E-state index in [0.717, 1.165) is 22.7 Å². The highest BCUT2D eigenvalue weighted by molar-refractivity contribution is 7.08. The molecule has 0 fully saturated rings. The number of carbonyl (C=O) groups excluding carboxylic acids is 1. The van der Waals surface area contributed by atoms with Gasteiger partial charge in [-0.3, -0.25) is 14.7 Å². The Hall–Kier alpha value is -3.20. The maximum Gasteiger partial charge on any atom is 0.280 e. The molecular formula is C20H15F3N4OS. The van der Waals surface area contributed by atoms with Crippen molar-refractivity contribution in [1.82, 2.24) is 9.88 Å². The number of alkyl halides is 2. The SMILES string of the molecule is CN1C(=O)C(c2ccnc(C(F)F)c2)(c2cc(-c3ccsc3)ccc2F)N=C1N. The maximum atomic E-state index is 15.0. The highest BCUT2D eigenvalue weighted by Crippen LogP contribution is 2.42. The van der Waals surface area contributed by atoms with Crippen molar-refractivity contribution in [3.63, 3.8) is 0 Å². The van der Waals surface area contributed by atoms with Crippen LogP contribution in [-0.2, 0) is 10.3 Å². The molecule has 3 aromatic rings. The summed E-state index contributed by atoms with van der Waals surface area (Å²) in [5.74, 6) is -1.46. The fourth-order valence-corrected chi connectivity index (χ4v) is 4.03. The van der Waals surface area contributed by atoms with Crippen LogP contribution < -0.4 is 5.73 Å². The molecule has 29 heavy (non-hydrogen) atoms. The van der Waals surface area contributed by atoms with Gasteiger partial charge in [-0.2, -0.15) is 11.3 Å². The summed E-state index contributed by atoms with van der Waals surface area (Å²) >= 11 is 1.47. The van der Waals surface area contributed by atoms with Crippen molar-refractivity contribution in [2.24, 2.45) is 10.7 Å². The molecule has 148 valence electrons. The lowest BCUT2D eigenvalue weighted by atomic mass is 9.81. The average Bonchev–Trinajstić information content (AvgIpc) is 3.33. The fraction of sp³-hybridized carbons (Fsp3) is 0.150. The minimum absolute atomic E-state index is 0.0649. The molecule has 1 unspecified atom stereocenters. The molecule has 0 spiro atoms. The Morgan fingerprint density at radius 1 is 1.17 bits per heavy atom. The zero-order valence-electron chi connectivity index (χ0n) is 15.1. The molecular weight excluding hydrogens is 401 g/mol. The van der Waals surface area contributed by atoms with Gasteiger partial charge in [-0.25, -0.2) is 18.2 Å². The van der Waals surface area contributed by atoms with Crippen molar-refractivity contribution in [3.8, 4) is 11.1 Å². The number of nitrogens with zero attached hydrogens (tertiary/aromatic N) is 3. The molecule has 1 amide bonds. The summed E-state index contributed by atoms with van der Waals surface area (Å²) in [4.78, 5) is 22.2. The summed E-state index contributed by atoms with van der Waals surface area (Å²) in [5.41, 5.74) is 4.93. The van der Waals surface area contributed by atoms with Crippen LogP contribution in [0.25, 0.3) is 11.1 Å². The first-order valence-corrected chi connectivity index (χ1v) is 9.49. The Balaban J connectivity index is 2.00. The van der Waals surface area contributed by atoms with Crippen molar-refractivity contribution in [1.29, 1.82) is 0 Å². The van der Waals surface area contributed by atoms with E-state index >= 15 is 4.39 Å². The van der Waals surface area contributed by atoms with E-state index in [2.05, 4.69) is 9.98 Å². The maximum absolute atomic E-state index is 15.0. The van der Waals surface area contributed by atoms with Crippen LogP contribution in [0.3, 0.4) is 0 Å². The summed E-state index contributed by atoms with van der Waals surface area (Å²) < 4.78 is 41.5. The highest BCUT2D eigenvalue weighted by Gasteiger charge is 2.51. The predicted molar refractivity (Wildman–Crippen MR) is 104 cm³/mol. The largest absolute Gasteiger partial charge is 0.369 e. The summed E-state index contributed by atoms with van der Waals surface area (Å²) in [6, 6.07) is 8.62. The molecule has 4 rings (SSSR count). The summed E-state index contributed by atoms with van der Waals surface area (Å²) in [5, 5.41) is 3.75. The van der Waals surface area contributed by atoms with Crippen LogP contribution in [0.15, 0.2) is 58.3 Å². The lowest BCUT2D eigenvalue weighted by Crippen LogP contribution is -2.41. The number of thiophene rings is 1. The molecule has 0 bridgehead atoms. The standard InChI is InChI=1S/C20H15F3N4OS/c1-27-18(28)20(26-19(27)24,13-4-6-25-16(9-13)17(22)23)14-8-11(2-3-15(14)21)12-5-7-29-10-12/h2-10,17H,1H3,(H2,24,26). The number of hydrogen-bond acceptors (Lipinski definition) is 5. The van der Waals surface area contributed by atoms with Gasteiger partial charge in [0.15, 0.2) is 11.5 Å². The quantitative estimate of drug-likeness (QED) is 0.701. The Labute approximate surface area is 168 Å². The molecule has 1 atom stereocenters. The lowest BCUT2D eigenvalue weighted by molar-refractivity contribution is -0.129. The molecule has 0 saturated heterocycles. The van der Waals surface area contributed by atoms with Crippen molar-refractivity contribution < 1.29 is 18.0 Å². The van der Waals surface area contributed by atoms with Crippen LogP contribution in [0.2, 0.25) is 0 Å². The van der Waals surface area contributed by atoms with Gasteiger partial charge in [-0.05, 0) is 57.8 Å². The van der Waals surface area contributed by atoms with Gasteiger partial charge in [-0.15, -0.1) is 0 Å². The molecule has 9 heteroatoms. The van der Waals surface area contributed by atoms with Crippen LogP contribution in [0.4, 0.5) is 13.2 Å². The number of amides is 1. The average molecular weight is 416 g/mol. The topological polar surface area (TPSA) is 71.6 Å². The van der Waals surface area contributed by atoms with Gasteiger partial charge in [0.25, 0.3) is 12.3 Å². The second kappa shape index (κ2) is 7.00. The van der Waals surface area contributed by atoms with Crippen molar-refractivity contribution in [2.75, 3.05) is 7.05 Å². The lowest BCUT2D eigenvalue weighted by Gasteiger charge is -2.27. The normalized spacial score (nSPS) is 19.1. The number of aliphatic imine (C=N–C) groups is 1. The Morgan fingerprint density at radius 2 is 1.97 bits per heavy atom. The minimum Gasteiger partial charge on any atom is -0.369 e. The van der Waals surface area contributed by atoms with Gasteiger partial charge < -0.3 is 5.73 Å². The summed E-state index contributed by atoms with van der Waals surface area (Å²) in [7, 11) is 1.40. The molecule has 1 aromatic carbocycles.